The molecule has 0 aliphatic heterocycles. The van der Waals surface area contributed by atoms with E-state index in [0.717, 1.165) is 0 Å². The third-order valence-corrected chi connectivity index (χ3v) is 2.62. The van der Waals surface area contributed by atoms with Gasteiger partial charge in [0.25, 0.3) is 11.6 Å². The van der Waals surface area contributed by atoms with E-state index in [2.05, 4.69) is 5.32 Å². The number of rotatable bonds is 5. The summed E-state index contributed by atoms with van der Waals surface area (Å²) in [6.07, 6.45) is 0. The Morgan fingerprint density at radius 3 is 2.47 bits per heavy atom. The van der Waals surface area contributed by atoms with Gasteiger partial charge in [-0.25, -0.2) is 0 Å². The van der Waals surface area contributed by atoms with Crippen molar-refractivity contribution in [3.63, 3.8) is 0 Å². The van der Waals surface area contributed by atoms with Gasteiger partial charge < -0.3 is 10.4 Å². The molecule has 0 spiro atoms. The van der Waals surface area contributed by atoms with Crippen molar-refractivity contribution < 1.29 is 19.6 Å². The predicted molar refractivity (Wildman–Crippen MR) is 66.8 cm³/mol. The molecule has 0 radical (unpaired) electrons. The Morgan fingerprint density at radius 1 is 1.37 bits per heavy atom. The summed E-state index contributed by atoms with van der Waals surface area (Å²) in [6.45, 7) is 2.79. The highest BCUT2D eigenvalue weighted by atomic mass is 16.6. The van der Waals surface area contributed by atoms with Gasteiger partial charge in [0.1, 0.15) is 5.56 Å². The SMILES string of the molecule is CC(C)(CNC(=O)c1ccccc1[N+](=O)[O-])C(=O)O. The molecule has 0 aliphatic rings. The number of hydrogen-bond acceptors (Lipinski definition) is 4. The van der Waals surface area contributed by atoms with Crippen molar-refractivity contribution in [2.75, 3.05) is 6.54 Å². The zero-order valence-corrected chi connectivity index (χ0v) is 10.5. The number of carboxylic acids is 1. The van der Waals surface area contributed by atoms with E-state index in [4.69, 9.17) is 5.11 Å². The minimum Gasteiger partial charge on any atom is -0.481 e. The number of benzene rings is 1. The van der Waals surface area contributed by atoms with Gasteiger partial charge in [0.2, 0.25) is 0 Å². The van der Waals surface area contributed by atoms with Crippen LogP contribution < -0.4 is 5.32 Å². The van der Waals surface area contributed by atoms with Crippen LogP contribution in [0, 0.1) is 15.5 Å². The van der Waals surface area contributed by atoms with Gasteiger partial charge in [-0.05, 0) is 19.9 Å². The Hall–Kier alpha value is -2.44. The minimum atomic E-state index is -1.14. The van der Waals surface area contributed by atoms with E-state index in [1.165, 1.54) is 38.1 Å². The molecule has 7 nitrogen and oxygen atoms in total. The van der Waals surface area contributed by atoms with Crippen LogP contribution in [0.15, 0.2) is 24.3 Å². The molecule has 19 heavy (non-hydrogen) atoms. The van der Waals surface area contributed by atoms with E-state index in [1.807, 2.05) is 0 Å². The number of hydrogen-bond donors (Lipinski definition) is 2. The second-order valence-electron chi connectivity index (χ2n) is 4.65. The molecule has 1 aromatic carbocycles. The van der Waals surface area contributed by atoms with Gasteiger partial charge in [-0.15, -0.1) is 0 Å². The topological polar surface area (TPSA) is 110 Å². The van der Waals surface area contributed by atoms with Gasteiger partial charge in [0, 0.05) is 12.6 Å². The lowest BCUT2D eigenvalue weighted by atomic mass is 9.94. The molecular weight excluding hydrogens is 252 g/mol. The molecule has 0 saturated carbocycles. The summed E-state index contributed by atoms with van der Waals surface area (Å²) in [4.78, 5) is 32.8. The van der Waals surface area contributed by atoms with Gasteiger partial charge in [0.15, 0.2) is 0 Å². The molecular formula is C12H14N2O5. The number of carbonyl (C=O) groups is 2. The number of aliphatic carboxylic acids is 1. The highest BCUT2D eigenvalue weighted by molar-refractivity contribution is 5.98. The molecule has 0 aliphatic carbocycles. The van der Waals surface area contributed by atoms with Gasteiger partial charge >= 0.3 is 5.97 Å². The number of nitro benzene ring substituents is 1. The molecule has 0 atom stereocenters. The van der Waals surface area contributed by atoms with Crippen molar-refractivity contribution >= 4 is 17.6 Å². The largest absolute Gasteiger partial charge is 0.481 e. The normalized spacial score (nSPS) is 10.8. The summed E-state index contributed by atoms with van der Waals surface area (Å²) in [7, 11) is 0. The van der Waals surface area contributed by atoms with Crippen LogP contribution in [0.3, 0.4) is 0 Å². The Balaban J connectivity index is 2.86. The molecule has 0 aromatic heterocycles. The first-order valence-electron chi connectivity index (χ1n) is 5.51. The van der Waals surface area contributed by atoms with Gasteiger partial charge in [-0.3, -0.25) is 19.7 Å². The van der Waals surface area contributed by atoms with Crippen molar-refractivity contribution in [1.82, 2.24) is 5.32 Å². The third kappa shape index (κ3) is 3.51. The Kier molecular flexibility index (Phi) is 4.21. The maximum atomic E-state index is 11.8. The Morgan fingerprint density at radius 2 is 1.95 bits per heavy atom. The fourth-order valence-electron chi connectivity index (χ4n) is 1.30. The van der Waals surface area contributed by atoms with Gasteiger partial charge in [-0.2, -0.15) is 0 Å². The molecule has 1 rings (SSSR count). The molecule has 0 bridgehead atoms. The van der Waals surface area contributed by atoms with Crippen LogP contribution in [0.2, 0.25) is 0 Å². The van der Waals surface area contributed by atoms with E-state index in [1.54, 1.807) is 0 Å². The van der Waals surface area contributed by atoms with Crippen LogP contribution in [0.25, 0.3) is 0 Å². The first kappa shape index (κ1) is 14.6. The van der Waals surface area contributed by atoms with Crippen LogP contribution in [0.5, 0.6) is 0 Å². The summed E-state index contributed by atoms with van der Waals surface area (Å²) in [6, 6.07) is 5.50. The quantitative estimate of drug-likeness (QED) is 0.619. The lowest BCUT2D eigenvalue weighted by Gasteiger charge is -2.19. The van der Waals surface area contributed by atoms with Crippen molar-refractivity contribution in [2.45, 2.75) is 13.8 Å². The molecule has 0 heterocycles. The smallest absolute Gasteiger partial charge is 0.310 e. The number of amides is 1. The predicted octanol–water partition coefficient (Wildman–Crippen LogP) is 1.44. The van der Waals surface area contributed by atoms with Gasteiger partial charge in [0.05, 0.1) is 10.3 Å². The highest BCUT2D eigenvalue weighted by Crippen LogP contribution is 2.18. The van der Waals surface area contributed by atoms with Crippen LogP contribution in [-0.2, 0) is 4.79 Å². The van der Waals surface area contributed by atoms with Crippen LogP contribution >= 0.6 is 0 Å². The molecule has 0 saturated heterocycles. The zero-order valence-electron chi connectivity index (χ0n) is 10.5. The van der Waals surface area contributed by atoms with E-state index < -0.39 is 22.2 Å². The van der Waals surface area contributed by atoms with Crippen molar-refractivity contribution in [2.24, 2.45) is 5.41 Å². The standard InChI is InChI=1S/C12H14N2O5/c1-12(2,11(16)17)7-13-10(15)8-5-3-4-6-9(8)14(18)19/h3-6H,7H2,1-2H3,(H,13,15)(H,16,17). The second-order valence-corrected chi connectivity index (χ2v) is 4.65. The molecule has 0 unspecified atom stereocenters. The molecule has 1 amide bonds. The van der Waals surface area contributed by atoms with E-state index in [0.29, 0.717) is 0 Å². The number of carboxylic acid groups (broad SMARTS) is 1. The van der Waals surface area contributed by atoms with Crippen molar-refractivity contribution in [3.8, 4) is 0 Å². The molecule has 0 fully saturated rings. The summed E-state index contributed by atoms with van der Waals surface area (Å²) in [5.74, 6) is -1.73. The third-order valence-electron chi connectivity index (χ3n) is 2.62. The molecule has 2 N–H and O–H groups in total. The van der Waals surface area contributed by atoms with Gasteiger partial charge in [-0.1, -0.05) is 12.1 Å². The molecule has 102 valence electrons. The highest BCUT2D eigenvalue weighted by Gasteiger charge is 2.28. The first-order chi connectivity index (χ1) is 8.75. The summed E-state index contributed by atoms with van der Waals surface area (Å²) in [5.41, 5.74) is -1.54. The van der Waals surface area contributed by atoms with Crippen molar-refractivity contribution in [1.29, 1.82) is 0 Å². The lowest BCUT2D eigenvalue weighted by molar-refractivity contribution is -0.385. The summed E-state index contributed by atoms with van der Waals surface area (Å²) >= 11 is 0. The maximum absolute atomic E-state index is 11.8. The minimum absolute atomic E-state index is 0.0892. The lowest BCUT2D eigenvalue weighted by Crippen LogP contribution is -2.39. The van der Waals surface area contributed by atoms with E-state index >= 15 is 0 Å². The average Bonchev–Trinajstić information content (AvgIpc) is 2.35. The fourth-order valence-corrected chi connectivity index (χ4v) is 1.30. The van der Waals surface area contributed by atoms with Crippen LogP contribution in [-0.4, -0.2) is 28.5 Å². The number of para-hydroxylation sites is 1. The maximum Gasteiger partial charge on any atom is 0.310 e. The molecule has 1 aromatic rings. The first-order valence-corrected chi connectivity index (χ1v) is 5.51. The molecule has 7 heteroatoms. The Labute approximate surface area is 109 Å². The zero-order chi connectivity index (χ0) is 14.6. The second kappa shape index (κ2) is 5.47. The summed E-state index contributed by atoms with van der Waals surface area (Å²) in [5, 5.41) is 22.1. The number of nitro groups is 1. The average molecular weight is 266 g/mol. The fraction of sp³-hybridized carbons (Fsp3) is 0.333. The number of carbonyl (C=O) groups excluding carboxylic acids is 1. The van der Waals surface area contributed by atoms with Crippen molar-refractivity contribution in [3.05, 3.63) is 39.9 Å². The number of nitrogens with one attached hydrogen (secondary N) is 1. The van der Waals surface area contributed by atoms with E-state index in [9.17, 15) is 19.7 Å². The number of nitrogens with zero attached hydrogens (tertiary/aromatic N) is 1. The summed E-state index contributed by atoms with van der Waals surface area (Å²) < 4.78 is 0. The van der Waals surface area contributed by atoms with E-state index in [-0.39, 0.29) is 17.8 Å². The van der Waals surface area contributed by atoms with Crippen LogP contribution in [0.1, 0.15) is 24.2 Å². The Bertz CT molecular complexity index is 525. The monoisotopic (exact) mass is 266 g/mol. The van der Waals surface area contributed by atoms with Crippen LogP contribution in [0.4, 0.5) is 5.69 Å².